The number of ether oxygens (including phenoxy) is 1. The summed E-state index contributed by atoms with van der Waals surface area (Å²) in [5.74, 6) is 1.55. The number of aryl methyl sites for hydroxylation is 1. The molecule has 0 aliphatic heterocycles. The third kappa shape index (κ3) is 3.39. The zero-order valence-corrected chi connectivity index (χ0v) is 12.0. The zero-order valence-electron chi connectivity index (χ0n) is 11.2. The van der Waals surface area contributed by atoms with Crippen LogP contribution >= 0.6 is 11.6 Å². The van der Waals surface area contributed by atoms with Gasteiger partial charge in [-0.3, -0.25) is 0 Å². The maximum atomic E-state index is 6.30. The normalized spacial score (nSPS) is 17.3. The van der Waals surface area contributed by atoms with E-state index in [-0.39, 0.29) is 6.04 Å². The van der Waals surface area contributed by atoms with Crippen molar-refractivity contribution in [2.45, 2.75) is 45.6 Å². The number of hydrogen-bond acceptors (Lipinski definition) is 2. The molecule has 0 bridgehead atoms. The fraction of sp³-hybridized carbons (Fsp3) is 0.600. The first-order chi connectivity index (χ1) is 8.56. The largest absolute Gasteiger partial charge is 0.491 e. The molecule has 1 aliphatic carbocycles. The summed E-state index contributed by atoms with van der Waals surface area (Å²) >= 11 is 6.30. The smallest absolute Gasteiger partial charge is 0.141 e. The molecule has 1 fully saturated rings. The fourth-order valence-electron chi connectivity index (χ4n) is 2.32. The molecule has 2 N–H and O–H groups in total. The van der Waals surface area contributed by atoms with Crippen LogP contribution in [0.5, 0.6) is 5.75 Å². The van der Waals surface area contributed by atoms with Crippen molar-refractivity contribution in [3.63, 3.8) is 0 Å². The third-order valence-electron chi connectivity index (χ3n) is 3.49. The Morgan fingerprint density at radius 3 is 2.72 bits per heavy atom. The Bertz CT molecular complexity index is 413. The van der Waals surface area contributed by atoms with Crippen molar-refractivity contribution in [3.8, 4) is 5.75 Å². The molecule has 2 nitrogen and oxygen atoms in total. The third-order valence-corrected chi connectivity index (χ3v) is 3.78. The zero-order chi connectivity index (χ0) is 13.1. The topological polar surface area (TPSA) is 35.2 Å². The maximum Gasteiger partial charge on any atom is 0.141 e. The second kappa shape index (κ2) is 5.94. The van der Waals surface area contributed by atoms with Crippen LogP contribution in [-0.2, 0) is 6.42 Å². The Hall–Kier alpha value is -0.730. The fourth-order valence-corrected chi connectivity index (χ4v) is 2.67. The number of halogens is 1. The van der Waals surface area contributed by atoms with Gasteiger partial charge in [0.15, 0.2) is 0 Å². The van der Waals surface area contributed by atoms with Crippen molar-refractivity contribution in [1.29, 1.82) is 0 Å². The van der Waals surface area contributed by atoms with E-state index in [4.69, 9.17) is 22.1 Å². The summed E-state index contributed by atoms with van der Waals surface area (Å²) in [5, 5.41) is 0.713. The van der Waals surface area contributed by atoms with Crippen LogP contribution in [0.1, 0.15) is 37.3 Å². The van der Waals surface area contributed by atoms with Crippen molar-refractivity contribution >= 4 is 11.6 Å². The highest BCUT2D eigenvalue weighted by Crippen LogP contribution is 2.33. The predicted octanol–water partition coefficient (Wildman–Crippen LogP) is 3.72. The van der Waals surface area contributed by atoms with Crippen molar-refractivity contribution < 1.29 is 4.74 Å². The Labute approximate surface area is 114 Å². The second-order valence-electron chi connectivity index (χ2n) is 5.52. The molecular formula is C15H22ClNO. The van der Waals surface area contributed by atoms with Crippen molar-refractivity contribution in [1.82, 2.24) is 0 Å². The molecule has 0 saturated heterocycles. The number of rotatable bonds is 5. The van der Waals surface area contributed by atoms with E-state index in [1.165, 1.54) is 19.3 Å². The lowest BCUT2D eigenvalue weighted by Gasteiger charge is -2.26. The molecule has 3 heteroatoms. The van der Waals surface area contributed by atoms with E-state index in [9.17, 15) is 0 Å². The minimum absolute atomic E-state index is 0.119. The summed E-state index contributed by atoms with van der Waals surface area (Å²) in [6, 6.07) is 4.21. The molecule has 0 spiro atoms. The van der Waals surface area contributed by atoms with Gasteiger partial charge in [-0.15, -0.1) is 0 Å². The molecule has 0 amide bonds. The molecule has 1 unspecified atom stereocenters. The summed E-state index contributed by atoms with van der Waals surface area (Å²) < 4.78 is 5.94. The summed E-state index contributed by atoms with van der Waals surface area (Å²) in [4.78, 5) is 0. The lowest BCUT2D eigenvalue weighted by atomic mass is 9.86. The van der Waals surface area contributed by atoms with E-state index in [1.807, 2.05) is 19.9 Å². The molecule has 1 saturated carbocycles. The van der Waals surface area contributed by atoms with Gasteiger partial charge in [-0.25, -0.2) is 0 Å². The number of hydrogen-bond donors (Lipinski definition) is 1. The van der Waals surface area contributed by atoms with Gasteiger partial charge in [-0.1, -0.05) is 24.1 Å². The molecule has 100 valence electrons. The highest BCUT2D eigenvalue weighted by Gasteiger charge is 2.19. The van der Waals surface area contributed by atoms with E-state index in [0.717, 1.165) is 29.9 Å². The first-order valence-corrected chi connectivity index (χ1v) is 7.11. The van der Waals surface area contributed by atoms with Crippen LogP contribution in [0.3, 0.4) is 0 Å². The van der Waals surface area contributed by atoms with Crippen LogP contribution in [0.2, 0.25) is 5.02 Å². The molecule has 1 aromatic rings. The summed E-state index contributed by atoms with van der Waals surface area (Å²) in [6.07, 6.45) is 4.71. The van der Waals surface area contributed by atoms with Crippen LogP contribution in [0.25, 0.3) is 0 Å². The maximum absolute atomic E-state index is 6.30. The van der Waals surface area contributed by atoms with Gasteiger partial charge in [-0.05, 0) is 56.2 Å². The van der Waals surface area contributed by atoms with Crippen LogP contribution in [0.4, 0.5) is 0 Å². The Morgan fingerprint density at radius 2 is 2.17 bits per heavy atom. The highest BCUT2D eigenvalue weighted by molar-refractivity contribution is 6.32. The van der Waals surface area contributed by atoms with E-state index < -0.39 is 0 Å². The molecule has 0 aromatic heterocycles. The van der Waals surface area contributed by atoms with Gasteiger partial charge in [0.05, 0.1) is 11.6 Å². The van der Waals surface area contributed by atoms with E-state index >= 15 is 0 Å². The minimum atomic E-state index is 0.119. The first-order valence-electron chi connectivity index (χ1n) is 6.73. The van der Waals surface area contributed by atoms with Gasteiger partial charge in [0.2, 0.25) is 0 Å². The van der Waals surface area contributed by atoms with Gasteiger partial charge >= 0.3 is 0 Å². The summed E-state index contributed by atoms with van der Waals surface area (Å²) in [5.41, 5.74) is 8.18. The van der Waals surface area contributed by atoms with Gasteiger partial charge in [0, 0.05) is 6.04 Å². The Balaban J connectivity index is 2.13. The molecule has 1 aliphatic rings. The lowest BCUT2D eigenvalue weighted by molar-refractivity contribution is 0.179. The Kier molecular flexibility index (Phi) is 4.52. The van der Waals surface area contributed by atoms with Gasteiger partial charge in [0.25, 0.3) is 0 Å². The van der Waals surface area contributed by atoms with Crippen molar-refractivity contribution in [3.05, 3.63) is 28.3 Å². The SMILES string of the molecule is Cc1cc(Cl)c(OCC2CCC2)c(CC(C)N)c1. The van der Waals surface area contributed by atoms with Gasteiger partial charge in [-0.2, -0.15) is 0 Å². The summed E-state index contributed by atoms with van der Waals surface area (Å²) in [7, 11) is 0. The van der Waals surface area contributed by atoms with Crippen LogP contribution in [0.15, 0.2) is 12.1 Å². The molecule has 18 heavy (non-hydrogen) atoms. The quantitative estimate of drug-likeness (QED) is 0.883. The molecular weight excluding hydrogens is 246 g/mol. The van der Waals surface area contributed by atoms with Crippen molar-refractivity contribution in [2.24, 2.45) is 11.7 Å². The van der Waals surface area contributed by atoms with E-state index in [0.29, 0.717) is 10.9 Å². The summed E-state index contributed by atoms with van der Waals surface area (Å²) in [6.45, 7) is 4.84. The standard InChI is InChI=1S/C15H22ClNO/c1-10-6-13(8-11(2)17)15(14(16)7-10)18-9-12-4-3-5-12/h6-7,11-12H,3-5,8-9,17H2,1-2H3. The number of benzene rings is 1. The van der Waals surface area contributed by atoms with Gasteiger partial charge in [0.1, 0.15) is 5.75 Å². The van der Waals surface area contributed by atoms with E-state index in [2.05, 4.69) is 6.07 Å². The van der Waals surface area contributed by atoms with E-state index in [1.54, 1.807) is 0 Å². The predicted molar refractivity (Wildman–Crippen MR) is 76.4 cm³/mol. The average molecular weight is 268 g/mol. The molecule has 0 heterocycles. The lowest BCUT2D eigenvalue weighted by Crippen LogP contribution is -2.21. The highest BCUT2D eigenvalue weighted by atomic mass is 35.5. The minimum Gasteiger partial charge on any atom is -0.491 e. The van der Waals surface area contributed by atoms with Gasteiger partial charge < -0.3 is 10.5 Å². The Morgan fingerprint density at radius 1 is 1.44 bits per heavy atom. The molecule has 1 atom stereocenters. The van der Waals surface area contributed by atoms with Crippen LogP contribution in [-0.4, -0.2) is 12.6 Å². The number of nitrogens with two attached hydrogens (primary N) is 1. The molecule has 2 rings (SSSR count). The van der Waals surface area contributed by atoms with Crippen molar-refractivity contribution in [2.75, 3.05) is 6.61 Å². The molecule has 0 radical (unpaired) electrons. The van der Waals surface area contributed by atoms with Crippen LogP contribution < -0.4 is 10.5 Å². The second-order valence-corrected chi connectivity index (χ2v) is 5.93. The first kappa shape index (κ1) is 13.7. The molecule has 1 aromatic carbocycles. The average Bonchev–Trinajstić information content (AvgIpc) is 2.18. The monoisotopic (exact) mass is 267 g/mol. The van der Waals surface area contributed by atoms with Crippen LogP contribution in [0, 0.1) is 12.8 Å².